The topological polar surface area (TPSA) is 50.7 Å². The molecule has 0 amide bonds. The molecule has 3 aromatic heterocycles. The Hall–Kier alpha value is -2.79. The van der Waals surface area contributed by atoms with E-state index in [2.05, 4.69) is 56.8 Å². The number of hydrogen-bond donors (Lipinski definition) is 1. The Bertz CT molecular complexity index is 962. The number of nitrogens with one attached hydrogen (secondary N) is 1. The summed E-state index contributed by atoms with van der Waals surface area (Å²) in [5, 5.41) is 6.68. The van der Waals surface area contributed by atoms with Crippen LogP contribution in [-0.2, 0) is 6.54 Å². The summed E-state index contributed by atoms with van der Waals surface area (Å²) in [4.78, 5) is 13.9. The van der Waals surface area contributed by atoms with Gasteiger partial charge in [-0.3, -0.25) is 4.98 Å². The fourth-order valence-corrected chi connectivity index (χ4v) is 3.56. The number of nitrogens with zero attached hydrogens (tertiary/aromatic N) is 3. The van der Waals surface area contributed by atoms with Gasteiger partial charge in [-0.1, -0.05) is 29.8 Å². The van der Waals surface area contributed by atoms with Crippen LogP contribution in [0.3, 0.4) is 0 Å². The number of aryl methyl sites for hydroxylation is 1. The molecule has 24 heavy (non-hydrogen) atoms. The van der Waals surface area contributed by atoms with Crippen LogP contribution in [0.1, 0.15) is 11.1 Å². The SMILES string of the molecule is Cc1ccc(-c2csc3ncnc(NCc4ccncc4)c23)cc1. The smallest absolute Gasteiger partial charge is 0.139 e. The van der Waals surface area contributed by atoms with Crippen molar-refractivity contribution in [3.8, 4) is 11.1 Å². The standard InChI is InChI=1S/C19H16N4S/c1-13-2-4-15(5-3-13)16-11-24-19-17(16)18(22-12-23-19)21-10-14-6-8-20-9-7-14/h2-9,11-12H,10H2,1H3,(H,21,22,23). The maximum Gasteiger partial charge on any atom is 0.139 e. The van der Waals surface area contributed by atoms with Gasteiger partial charge in [0.25, 0.3) is 0 Å². The lowest BCUT2D eigenvalue weighted by Gasteiger charge is -2.08. The molecule has 118 valence electrons. The van der Waals surface area contributed by atoms with E-state index in [1.807, 2.05) is 12.1 Å². The Balaban J connectivity index is 1.73. The lowest BCUT2D eigenvalue weighted by molar-refractivity contribution is 1.09. The second-order valence-corrected chi connectivity index (χ2v) is 6.48. The summed E-state index contributed by atoms with van der Waals surface area (Å²) < 4.78 is 0. The molecule has 0 bridgehead atoms. The van der Waals surface area contributed by atoms with Gasteiger partial charge in [0.2, 0.25) is 0 Å². The molecule has 0 fully saturated rings. The molecule has 4 aromatic rings. The summed E-state index contributed by atoms with van der Waals surface area (Å²) in [6.07, 6.45) is 5.22. The first-order valence-electron chi connectivity index (χ1n) is 7.73. The third kappa shape index (κ3) is 2.86. The van der Waals surface area contributed by atoms with Crippen molar-refractivity contribution in [2.24, 2.45) is 0 Å². The highest BCUT2D eigenvalue weighted by molar-refractivity contribution is 7.17. The van der Waals surface area contributed by atoms with Gasteiger partial charge < -0.3 is 5.32 Å². The zero-order chi connectivity index (χ0) is 16.4. The van der Waals surface area contributed by atoms with Crippen LogP contribution in [0.4, 0.5) is 5.82 Å². The van der Waals surface area contributed by atoms with Gasteiger partial charge in [-0.05, 0) is 30.2 Å². The van der Waals surface area contributed by atoms with Crippen LogP contribution < -0.4 is 5.32 Å². The summed E-state index contributed by atoms with van der Waals surface area (Å²) in [6, 6.07) is 12.6. The van der Waals surface area contributed by atoms with Crippen LogP contribution in [-0.4, -0.2) is 15.0 Å². The van der Waals surface area contributed by atoms with Crippen molar-refractivity contribution < 1.29 is 0 Å². The van der Waals surface area contributed by atoms with Gasteiger partial charge in [-0.15, -0.1) is 11.3 Å². The predicted molar refractivity (Wildman–Crippen MR) is 99.2 cm³/mol. The van der Waals surface area contributed by atoms with Gasteiger partial charge in [-0.25, -0.2) is 9.97 Å². The second-order valence-electron chi connectivity index (χ2n) is 5.63. The van der Waals surface area contributed by atoms with Gasteiger partial charge in [0.05, 0.1) is 5.39 Å². The molecule has 4 nitrogen and oxygen atoms in total. The monoisotopic (exact) mass is 332 g/mol. The Morgan fingerprint density at radius 3 is 2.58 bits per heavy atom. The highest BCUT2D eigenvalue weighted by Gasteiger charge is 2.12. The Labute approximate surface area is 144 Å². The van der Waals surface area contributed by atoms with E-state index < -0.39 is 0 Å². The van der Waals surface area contributed by atoms with Crippen LogP contribution in [0, 0.1) is 6.92 Å². The first kappa shape index (κ1) is 14.8. The van der Waals surface area contributed by atoms with Crippen LogP contribution in [0.5, 0.6) is 0 Å². The molecule has 0 unspecified atom stereocenters. The van der Waals surface area contributed by atoms with E-state index in [1.165, 1.54) is 22.3 Å². The maximum absolute atomic E-state index is 4.47. The molecule has 1 N–H and O–H groups in total. The van der Waals surface area contributed by atoms with Crippen molar-refractivity contribution in [1.82, 2.24) is 15.0 Å². The fourth-order valence-electron chi connectivity index (χ4n) is 2.64. The lowest BCUT2D eigenvalue weighted by atomic mass is 10.0. The molecule has 4 rings (SSSR count). The van der Waals surface area contributed by atoms with Crippen LogP contribution in [0.2, 0.25) is 0 Å². The number of hydrogen-bond acceptors (Lipinski definition) is 5. The molecule has 0 aliphatic carbocycles. The maximum atomic E-state index is 4.47. The van der Waals surface area contributed by atoms with E-state index >= 15 is 0 Å². The Morgan fingerprint density at radius 1 is 1.00 bits per heavy atom. The van der Waals surface area contributed by atoms with Gasteiger partial charge in [0, 0.05) is 29.9 Å². The van der Waals surface area contributed by atoms with Crippen LogP contribution >= 0.6 is 11.3 Å². The molecule has 0 radical (unpaired) electrons. The van der Waals surface area contributed by atoms with Gasteiger partial charge >= 0.3 is 0 Å². The summed E-state index contributed by atoms with van der Waals surface area (Å²) >= 11 is 1.65. The number of aromatic nitrogens is 3. The highest BCUT2D eigenvalue weighted by Crippen LogP contribution is 2.36. The van der Waals surface area contributed by atoms with Crippen molar-refractivity contribution in [2.75, 3.05) is 5.32 Å². The summed E-state index contributed by atoms with van der Waals surface area (Å²) in [7, 11) is 0. The molecule has 1 aromatic carbocycles. The zero-order valence-electron chi connectivity index (χ0n) is 13.2. The molecular formula is C19H16N4S. The minimum atomic E-state index is 0.706. The Kier molecular flexibility index (Phi) is 3.92. The zero-order valence-corrected chi connectivity index (χ0v) is 14.0. The third-order valence-electron chi connectivity index (χ3n) is 3.94. The normalized spacial score (nSPS) is 10.9. The van der Waals surface area contributed by atoms with Gasteiger partial charge in [0.1, 0.15) is 17.0 Å². The number of pyridine rings is 1. The predicted octanol–water partition coefficient (Wildman–Crippen LogP) is 4.67. The quantitative estimate of drug-likeness (QED) is 0.590. The molecule has 0 saturated carbocycles. The summed E-state index contributed by atoms with van der Waals surface area (Å²) in [5.74, 6) is 0.869. The van der Waals surface area contributed by atoms with Crippen molar-refractivity contribution in [2.45, 2.75) is 13.5 Å². The number of rotatable bonds is 4. The van der Waals surface area contributed by atoms with E-state index in [4.69, 9.17) is 0 Å². The number of anilines is 1. The molecule has 5 heteroatoms. The summed E-state index contributed by atoms with van der Waals surface area (Å²) in [5.41, 5.74) is 4.79. The van der Waals surface area contributed by atoms with Crippen LogP contribution in [0.15, 0.2) is 60.5 Å². The number of fused-ring (bicyclic) bond motifs is 1. The highest BCUT2D eigenvalue weighted by atomic mass is 32.1. The molecule has 0 aliphatic rings. The minimum Gasteiger partial charge on any atom is -0.365 e. The third-order valence-corrected chi connectivity index (χ3v) is 4.83. The van der Waals surface area contributed by atoms with Crippen molar-refractivity contribution in [3.05, 3.63) is 71.6 Å². The number of thiophene rings is 1. The Morgan fingerprint density at radius 2 is 1.79 bits per heavy atom. The van der Waals surface area contributed by atoms with Gasteiger partial charge in [0.15, 0.2) is 0 Å². The average molecular weight is 332 g/mol. The first-order chi connectivity index (χ1) is 11.8. The van der Waals surface area contributed by atoms with E-state index in [-0.39, 0.29) is 0 Å². The molecular weight excluding hydrogens is 316 g/mol. The van der Waals surface area contributed by atoms with Crippen molar-refractivity contribution >= 4 is 27.4 Å². The molecule has 0 atom stereocenters. The summed E-state index contributed by atoms with van der Waals surface area (Å²) in [6.45, 7) is 2.80. The van der Waals surface area contributed by atoms with Crippen molar-refractivity contribution in [3.63, 3.8) is 0 Å². The molecule has 3 heterocycles. The molecule has 0 aliphatic heterocycles. The molecule has 0 saturated heterocycles. The average Bonchev–Trinajstić information content (AvgIpc) is 3.06. The fraction of sp³-hybridized carbons (Fsp3) is 0.105. The number of benzene rings is 1. The van der Waals surface area contributed by atoms with Crippen LogP contribution in [0.25, 0.3) is 21.3 Å². The van der Waals surface area contributed by atoms with E-state index in [0.717, 1.165) is 16.0 Å². The van der Waals surface area contributed by atoms with E-state index in [0.29, 0.717) is 6.54 Å². The van der Waals surface area contributed by atoms with E-state index in [9.17, 15) is 0 Å². The van der Waals surface area contributed by atoms with Gasteiger partial charge in [-0.2, -0.15) is 0 Å². The largest absolute Gasteiger partial charge is 0.365 e. The first-order valence-corrected chi connectivity index (χ1v) is 8.61. The lowest BCUT2D eigenvalue weighted by Crippen LogP contribution is -2.02. The van der Waals surface area contributed by atoms with Crippen molar-refractivity contribution in [1.29, 1.82) is 0 Å². The second kappa shape index (κ2) is 6.37. The minimum absolute atomic E-state index is 0.706. The van der Waals surface area contributed by atoms with E-state index in [1.54, 1.807) is 30.1 Å². The molecule has 0 spiro atoms.